The summed E-state index contributed by atoms with van der Waals surface area (Å²) in [6.45, 7) is -2.29. The van der Waals surface area contributed by atoms with Crippen molar-refractivity contribution in [2.24, 2.45) is 0 Å². The van der Waals surface area contributed by atoms with Crippen LogP contribution in [0.15, 0.2) is 22.7 Å². The Morgan fingerprint density at radius 2 is 2.50 bits per heavy atom. The highest BCUT2D eigenvalue weighted by atomic mass is 79.9. The lowest BCUT2D eigenvalue weighted by Gasteiger charge is -1.99. The molecule has 0 aliphatic rings. The summed E-state index contributed by atoms with van der Waals surface area (Å²) in [5.41, 5.74) is 0.237. The molecule has 1 aromatic rings. The van der Waals surface area contributed by atoms with Crippen molar-refractivity contribution in [3.8, 4) is 0 Å². The van der Waals surface area contributed by atoms with Crippen molar-refractivity contribution in [2.75, 3.05) is 12.3 Å². The second-order valence-corrected chi connectivity index (χ2v) is 2.61. The Balaban J connectivity index is 2.86. The second-order valence-electron chi connectivity index (χ2n) is 1.75. The first-order valence-electron chi connectivity index (χ1n) is 4.12. The van der Waals surface area contributed by atoms with E-state index in [9.17, 15) is 4.39 Å². The molecule has 0 bridgehead atoms. The molecule has 0 aliphatic carbocycles. The number of anilines is 1. The first kappa shape index (κ1) is 4.34. The molecule has 0 amide bonds. The molecule has 54 valence electrons. The average molecular weight is 207 g/mol. The molecule has 0 fully saturated rings. The molecule has 0 atom stereocenters. The summed E-state index contributed by atoms with van der Waals surface area (Å²) in [6.07, 6.45) is 0. The summed E-state index contributed by atoms with van der Waals surface area (Å²) in [4.78, 5) is 0. The normalized spacial score (nSPS) is 15.2. The van der Waals surface area contributed by atoms with Crippen LogP contribution in [0.4, 0.5) is 10.1 Å². The summed E-state index contributed by atoms with van der Waals surface area (Å²) in [5.74, 6) is -0.491. The van der Waals surface area contributed by atoms with Gasteiger partial charge in [-0.2, -0.15) is 0 Å². The Kier molecular flexibility index (Phi) is 1.31. The number of nitrogens with one attached hydrogen (secondary N) is 1. The summed E-state index contributed by atoms with van der Waals surface area (Å²) in [6, 6.07) is 4.05. The molecule has 3 heteroatoms. The fourth-order valence-electron chi connectivity index (χ4n) is 0.574. The number of hydrogen-bond acceptors (Lipinski definition) is 1. The largest absolute Gasteiger partial charge is 0.388 e. The van der Waals surface area contributed by atoms with Gasteiger partial charge in [-0.1, -0.05) is 0 Å². The molecule has 0 aromatic heterocycles. The van der Waals surface area contributed by atoms with Crippen molar-refractivity contribution in [1.29, 1.82) is 0 Å². The summed E-state index contributed by atoms with van der Waals surface area (Å²) < 4.78 is 33.8. The van der Waals surface area contributed by atoms with Crippen LogP contribution in [0.3, 0.4) is 0 Å². The maximum atomic E-state index is 12.9. The Hall–Kier alpha value is -0.570. The molecule has 10 heavy (non-hydrogen) atoms. The highest BCUT2D eigenvalue weighted by Gasteiger charge is 1.97. The van der Waals surface area contributed by atoms with E-state index in [0.29, 0.717) is 4.47 Å². The van der Waals surface area contributed by atoms with Crippen molar-refractivity contribution in [3.63, 3.8) is 0 Å². The number of hydrogen-bond donors (Lipinski definition) is 1. The number of halogens is 2. The zero-order chi connectivity index (χ0) is 10.1. The molecule has 0 unspecified atom stereocenters. The van der Waals surface area contributed by atoms with E-state index in [2.05, 4.69) is 21.2 Å². The van der Waals surface area contributed by atoms with Crippen LogP contribution in [0.25, 0.3) is 0 Å². The third-order valence-electron chi connectivity index (χ3n) is 1.06. The monoisotopic (exact) mass is 206 g/mol. The summed E-state index contributed by atoms with van der Waals surface area (Å²) in [7, 11) is 0. The van der Waals surface area contributed by atoms with Gasteiger partial charge in [-0.25, -0.2) is 4.39 Å². The van der Waals surface area contributed by atoms with Gasteiger partial charge in [0.15, 0.2) is 0 Å². The van der Waals surface area contributed by atoms with Gasteiger partial charge in [0.1, 0.15) is 5.82 Å². The van der Waals surface area contributed by atoms with Gasteiger partial charge >= 0.3 is 0 Å². The molecular weight excluding hydrogens is 197 g/mol. The minimum Gasteiger partial charge on any atom is -0.388 e. The van der Waals surface area contributed by atoms with E-state index in [1.165, 1.54) is 12.1 Å². The first-order chi connectivity index (χ1) is 5.88. The van der Waals surface area contributed by atoms with Gasteiger partial charge in [-0.15, -0.1) is 0 Å². The van der Waals surface area contributed by atoms with Crippen LogP contribution in [0.2, 0.25) is 0 Å². The first-order valence-corrected chi connectivity index (χ1v) is 3.41. The minimum absolute atomic E-state index is 0.237. The van der Waals surface area contributed by atoms with Crippen LogP contribution < -0.4 is 5.32 Å². The van der Waals surface area contributed by atoms with E-state index in [1.807, 2.05) is 0 Å². The molecule has 1 rings (SSSR count). The lowest BCUT2D eigenvalue weighted by atomic mass is 10.3. The Morgan fingerprint density at radius 3 is 3.10 bits per heavy atom. The topological polar surface area (TPSA) is 12.0 Å². The van der Waals surface area contributed by atoms with Crippen molar-refractivity contribution < 1.29 is 8.50 Å². The minimum atomic E-state index is -2.29. The Morgan fingerprint density at radius 1 is 1.70 bits per heavy atom. The quantitative estimate of drug-likeness (QED) is 0.746. The standard InChI is InChI=1S/C7H7BrFN/c1-10-5-2-3-6(8)7(9)4-5/h2-4,10H,1H3/i1D3. The smallest absolute Gasteiger partial charge is 0.139 e. The van der Waals surface area contributed by atoms with E-state index in [4.69, 9.17) is 4.11 Å². The zero-order valence-corrected chi connectivity index (χ0v) is 6.57. The fourth-order valence-corrected chi connectivity index (χ4v) is 0.821. The fraction of sp³-hybridized carbons (Fsp3) is 0.143. The van der Waals surface area contributed by atoms with E-state index in [-0.39, 0.29) is 5.69 Å². The molecule has 0 radical (unpaired) electrons. The maximum Gasteiger partial charge on any atom is 0.139 e. The zero-order valence-electron chi connectivity index (χ0n) is 7.99. The number of rotatable bonds is 1. The van der Waals surface area contributed by atoms with Gasteiger partial charge in [0.05, 0.1) is 4.47 Å². The molecule has 0 spiro atoms. The van der Waals surface area contributed by atoms with Crippen molar-refractivity contribution in [1.82, 2.24) is 0 Å². The highest BCUT2D eigenvalue weighted by Crippen LogP contribution is 2.18. The predicted molar refractivity (Wildman–Crippen MR) is 43.6 cm³/mol. The van der Waals surface area contributed by atoms with Crippen LogP contribution in [0.5, 0.6) is 0 Å². The molecule has 0 aliphatic heterocycles. The average Bonchev–Trinajstić information content (AvgIpc) is 1.94. The lowest BCUT2D eigenvalue weighted by Crippen LogP contribution is -1.88. The van der Waals surface area contributed by atoms with Crippen molar-refractivity contribution >= 4 is 21.6 Å². The van der Waals surface area contributed by atoms with Gasteiger partial charge in [0, 0.05) is 16.8 Å². The van der Waals surface area contributed by atoms with Crippen molar-refractivity contribution in [3.05, 3.63) is 28.5 Å². The van der Waals surface area contributed by atoms with Crippen LogP contribution in [-0.4, -0.2) is 6.98 Å². The van der Waals surface area contributed by atoms with Crippen LogP contribution in [-0.2, 0) is 0 Å². The molecule has 1 aromatic carbocycles. The number of benzene rings is 1. The maximum absolute atomic E-state index is 12.9. The van der Waals surface area contributed by atoms with Crippen molar-refractivity contribution in [2.45, 2.75) is 0 Å². The summed E-state index contributed by atoms with van der Waals surface area (Å²) in [5, 5.41) is 2.19. The molecule has 1 nitrogen and oxygen atoms in total. The molecule has 0 saturated carbocycles. The van der Waals surface area contributed by atoms with E-state index in [1.54, 1.807) is 0 Å². The van der Waals surface area contributed by atoms with Crippen LogP contribution in [0, 0.1) is 5.82 Å². The van der Waals surface area contributed by atoms with Gasteiger partial charge in [-0.3, -0.25) is 0 Å². The third-order valence-corrected chi connectivity index (χ3v) is 1.71. The Labute approximate surface area is 71.6 Å². The van der Waals surface area contributed by atoms with Gasteiger partial charge in [0.25, 0.3) is 0 Å². The van der Waals surface area contributed by atoms with E-state index < -0.39 is 12.8 Å². The van der Waals surface area contributed by atoms with Gasteiger partial charge in [0.2, 0.25) is 0 Å². The molecule has 1 N–H and O–H groups in total. The lowest BCUT2D eigenvalue weighted by molar-refractivity contribution is 0.621. The molecular formula is C7H7BrFN. The van der Waals surface area contributed by atoms with Gasteiger partial charge in [-0.05, 0) is 34.1 Å². The molecule has 0 saturated heterocycles. The Bertz CT molecular complexity index is 313. The predicted octanol–water partition coefficient (Wildman–Crippen LogP) is 2.63. The van der Waals surface area contributed by atoms with Crippen LogP contribution in [0.1, 0.15) is 4.11 Å². The van der Waals surface area contributed by atoms with Crippen LogP contribution >= 0.6 is 15.9 Å². The highest BCUT2D eigenvalue weighted by molar-refractivity contribution is 9.10. The molecule has 0 heterocycles. The SMILES string of the molecule is [2H]C([2H])([2H])Nc1ccc(Br)c(F)c1. The van der Waals surface area contributed by atoms with E-state index in [0.717, 1.165) is 6.07 Å². The van der Waals surface area contributed by atoms with E-state index >= 15 is 0 Å². The second kappa shape index (κ2) is 3.01. The van der Waals surface area contributed by atoms with Gasteiger partial charge < -0.3 is 5.32 Å². The summed E-state index contributed by atoms with van der Waals surface area (Å²) >= 11 is 2.97. The third kappa shape index (κ3) is 1.48.